The first-order valence-corrected chi connectivity index (χ1v) is 9.90. The van der Waals surface area contributed by atoms with Gasteiger partial charge in [0, 0.05) is 24.2 Å². The first-order valence-electron chi connectivity index (χ1n) is 9.52. The fraction of sp³-hybridized carbons (Fsp3) is 0.650. The van der Waals surface area contributed by atoms with Gasteiger partial charge in [-0.25, -0.2) is 0 Å². The molecule has 1 amide bonds. The van der Waals surface area contributed by atoms with E-state index in [4.69, 9.17) is 11.6 Å². The van der Waals surface area contributed by atoms with Gasteiger partial charge in [0.2, 0.25) is 5.91 Å². The standard InChI is InChI=1S/C20H28ClN3O/c1-23-14-20(8-10-22-11-9-20)12-18(23)19(25)24(17-6-7-17)13-15-2-4-16(21)5-3-15/h2-5,17-18,22H,6-14H2,1H3/t18-/m0/s1. The van der Waals surface area contributed by atoms with Gasteiger partial charge in [-0.3, -0.25) is 9.69 Å². The highest BCUT2D eigenvalue weighted by molar-refractivity contribution is 6.30. The Morgan fingerprint density at radius 1 is 1.28 bits per heavy atom. The lowest BCUT2D eigenvalue weighted by Gasteiger charge is -2.33. The van der Waals surface area contributed by atoms with E-state index in [9.17, 15) is 4.79 Å². The van der Waals surface area contributed by atoms with Crippen LogP contribution >= 0.6 is 11.6 Å². The summed E-state index contributed by atoms with van der Waals surface area (Å²) in [4.78, 5) is 17.8. The maximum atomic E-state index is 13.4. The van der Waals surface area contributed by atoms with Gasteiger partial charge in [0.05, 0.1) is 6.04 Å². The Kier molecular flexibility index (Phi) is 4.78. The highest BCUT2D eigenvalue weighted by Gasteiger charge is 2.48. The Bertz CT molecular complexity index is 622. The van der Waals surface area contributed by atoms with Crippen molar-refractivity contribution in [3.8, 4) is 0 Å². The van der Waals surface area contributed by atoms with Gasteiger partial charge < -0.3 is 10.2 Å². The Morgan fingerprint density at radius 2 is 1.96 bits per heavy atom. The van der Waals surface area contributed by atoms with Crippen LogP contribution in [0.1, 0.15) is 37.7 Å². The summed E-state index contributed by atoms with van der Waals surface area (Å²) in [7, 11) is 2.13. The Labute approximate surface area is 155 Å². The molecule has 2 saturated heterocycles. The maximum absolute atomic E-state index is 13.4. The molecule has 1 aliphatic carbocycles. The number of hydrogen-bond acceptors (Lipinski definition) is 3. The molecule has 25 heavy (non-hydrogen) atoms. The number of hydrogen-bond donors (Lipinski definition) is 1. The van der Waals surface area contributed by atoms with Crippen molar-refractivity contribution in [2.75, 3.05) is 26.7 Å². The number of likely N-dealkylation sites (N-methyl/N-ethyl adjacent to an activating group) is 1. The molecule has 2 heterocycles. The number of carbonyl (C=O) groups is 1. The van der Waals surface area contributed by atoms with Crippen molar-refractivity contribution in [1.29, 1.82) is 0 Å². The third-order valence-corrected chi connectivity index (χ3v) is 6.48. The van der Waals surface area contributed by atoms with Crippen molar-refractivity contribution in [3.63, 3.8) is 0 Å². The molecule has 4 nitrogen and oxygen atoms in total. The second-order valence-electron chi connectivity index (χ2n) is 8.21. The largest absolute Gasteiger partial charge is 0.334 e. The molecule has 1 saturated carbocycles. The van der Waals surface area contributed by atoms with Crippen LogP contribution in [0.3, 0.4) is 0 Å². The van der Waals surface area contributed by atoms with Gasteiger partial charge >= 0.3 is 0 Å². The lowest BCUT2D eigenvalue weighted by Crippen LogP contribution is -2.45. The molecule has 1 aromatic rings. The average Bonchev–Trinajstić information content (AvgIpc) is 3.39. The lowest BCUT2D eigenvalue weighted by molar-refractivity contribution is -0.136. The van der Waals surface area contributed by atoms with Crippen molar-refractivity contribution in [1.82, 2.24) is 15.1 Å². The maximum Gasteiger partial charge on any atom is 0.240 e. The SMILES string of the molecule is CN1CC2(CCNCC2)C[C@H]1C(=O)N(Cc1ccc(Cl)cc1)C1CC1. The number of piperidine rings is 1. The lowest BCUT2D eigenvalue weighted by atomic mass is 9.77. The normalized spacial score (nSPS) is 26.1. The van der Waals surface area contributed by atoms with Gasteiger partial charge in [-0.15, -0.1) is 0 Å². The first-order chi connectivity index (χ1) is 12.1. The minimum absolute atomic E-state index is 0.0472. The van der Waals surface area contributed by atoms with E-state index in [2.05, 4.69) is 22.2 Å². The highest BCUT2D eigenvalue weighted by atomic mass is 35.5. The zero-order valence-corrected chi connectivity index (χ0v) is 15.8. The molecule has 0 radical (unpaired) electrons. The van der Waals surface area contributed by atoms with Crippen LogP contribution < -0.4 is 5.32 Å². The summed E-state index contributed by atoms with van der Waals surface area (Å²) in [5, 5.41) is 4.21. The highest BCUT2D eigenvalue weighted by Crippen LogP contribution is 2.42. The number of nitrogens with one attached hydrogen (secondary N) is 1. The summed E-state index contributed by atoms with van der Waals surface area (Å²) in [5.74, 6) is 0.329. The van der Waals surface area contributed by atoms with Crippen LogP contribution in [0.2, 0.25) is 5.02 Å². The second-order valence-corrected chi connectivity index (χ2v) is 8.65. The van der Waals surface area contributed by atoms with Crippen molar-refractivity contribution < 1.29 is 4.79 Å². The summed E-state index contributed by atoms with van der Waals surface area (Å²) < 4.78 is 0. The number of benzene rings is 1. The quantitative estimate of drug-likeness (QED) is 0.895. The molecule has 1 aromatic carbocycles. The van der Waals surface area contributed by atoms with Gasteiger partial charge in [-0.05, 0) is 75.4 Å². The smallest absolute Gasteiger partial charge is 0.240 e. The molecule has 1 spiro atoms. The van der Waals surface area contributed by atoms with Crippen molar-refractivity contribution in [2.24, 2.45) is 5.41 Å². The number of halogens is 1. The van der Waals surface area contributed by atoms with Crippen molar-refractivity contribution >= 4 is 17.5 Å². The molecule has 4 rings (SSSR count). The molecular weight excluding hydrogens is 334 g/mol. The van der Waals surface area contributed by atoms with Crippen molar-refractivity contribution in [3.05, 3.63) is 34.9 Å². The van der Waals surface area contributed by atoms with E-state index in [0.29, 0.717) is 23.9 Å². The summed E-state index contributed by atoms with van der Waals surface area (Å²) in [5.41, 5.74) is 1.51. The minimum atomic E-state index is 0.0472. The average molecular weight is 362 g/mol. The summed E-state index contributed by atoms with van der Waals surface area (Å²) in [6.07, 6.45) is 5.70. The van der Waals surface area contributed by atoms with Crippen LogP contribution in [0.15, 0.2) is 24.3 Å². The summed E-state index contributed by atoms with van der Waals surface area (Å²) in [6, 6.07) is 8.39. The number of carbonyl (C=O) groups excluding carboxylic acids is 1. The number of amides is 1. The molecule has 3 fully saturated rings. The molecule has 1 atom stereocenters. The van der Waals surface area contributed by atoms with E-state index in [-0.39, 0.29) is 6.04 Å². The van der Waals surface area contributed by atoms with Crippen LogP contribution in [0.5, 0.6) is 0 Å². The van der Waals surface area contributed by atoms with Crippen molar-refractivity contribution in [2.45, 2.75) is 50.7 Å². The topological polar surface area (TPSA) is 35.6 Å². The fourth-order valence-corrected chi connectivity index (χ4v) is 4.74. The Morgan fingerprint density at radius 3 is 2.60 bits per heavy atom. The number of rotatable bonds is 4. The van der Waals surface area contributed by atoms with Crippen LogP contribution in [-0.4, -0.2) is 54.5 Å². The van der Waals surface area contributed by atoms with E-state index in [1.165, 1.54) is 18.4 Å². The molecule has 5 heteroatoms. The minimum Gasteiger partial charge on any atom is -0.334 e. The molecular formula is C20H28ClN3O. The van der Waals surface area contributed by atoms with Crippen LogP contribution in [0.4, 0.5) is 0 Å². The summed E-state index contributed by atoms with van der Waals surface area (Å²) in [6.45, 7) is 3.95. The van der Waals surface area contributed by atoms with Gasteiger partial charge in [0.1, 0.15) is 0 Å². The van der Waals surface area contributed by atoms with Crippen LogP contribution in [0, 0.1) is 5.41 Å². The van der Waals surface area contributed by atoms with Gasteiger partial charge in [-0.2, -0.15) is 0 Å². The van der Waals surface area contributed by atoms with Gasteiger partial charge in [0.15, 0.2) is 0 Å². The summed E-state index contributed by atoms with van der Waals surface area (Å²) >= 11 is 6.00. The molecule has 2 aliphatic heterocycles. The van der Waals surface area contributed by atoms with E-state index in [1.54, 1.807) is 0 Å². The fourth-order valence-electron chi connectivity index (χ4n) is 4.62. The Balaban J connectivity index is 1.48. The monoisotopic (exact) mass is 361 g/mol. The molecule has 1 N–H and O–H groups in total. The predicted octanol–water partition coefficient (Wildman–Crippen LogP) is 2.90. The zero-order valence-electron chi connectivity index (χ0n) is 15.0. The molecule has 136 valence electrons. The van der Waals surface area contributed by atoms with E-state index >= 15 is 0 Å². The van der Waals surface area contributed by atoms with E-state index in [1.807, 2.05) is 24.3 Å². The van der Waals surface area contributed by atoms with Gasteiger partial charge in [0.25, 0.3) is 0 Å². The van der Waals surface area contributed by atoms with Gasteiger partial charge in [-0.1, -0.05) is 23.7 Å². The van der Waals surface area contributed by atoms with Crippen LogP contribution in [0.25, 0.3) is 0 Å². The Hall–Kier alpha value is -1.10. The third-order valence-electron chi connectivity index (χ3n) is 6.23. The third kappa shape index (κ3) is 3.71. The van der Waals surface area contributed by atoms with Crippen LogP contribution in [-0.2, 0) is 11.3 Å². The van der Waals surface area contributed by atoms with E-state index in [0.717, 1.165) is 43.9 Å². The zero-order chi connectivity index (χ0) is 17.4. The molecule has 0 unspecified atom stereocenters. The van der Waals surface area contributed by atoms with E-state index < -0.39 is 0 Å². The molecule has 0 bridgehead atoms. The molecule has 0 aromatic heterocycles. The molecule has 3 aliphatic rings. The number of nitrogens with zero attached hydrogens (tertiary/aromatic N) is 2. The predicted molar refractivity (Wildman–Crippen MR) is 101 cm³/mol. The first kappa shape index (κ1) is 17.3. The second kappa shape index (κ2) is 6.90. The number of likely N-dealkylation sites (tertiary alicyclic amines) is 1.